The number of likely N-dealkylation sites (tertiary alicyclic amines) is 1. The molecule has 0 aromatic heterocycles. The van der Waals surface area contributed by atoms with Crippen LogP contribution >= 0.6 is 0 Å². The predicted molar refractivity (Wildman–Crippen MR) is 52.5 cm³/mol. The molecule has 1 aliphatic carbocycles. The van der Waals surface area contributed by atoms with E-state index < -0.39 is 0 Å². The Morgan fingerprint density at radius 2 is 1.85 bits per heavy atom. The van der Waals surface area contributed by atoms with E-state index >= 15 is 0 Å². The molecule has 2 rings (SSSR count). The minimum Gasteiger partial charge on any atom is -0.303 e. The quantitative estimate of drug-likeness (QED) is 0.574. The zero-order valence-corrected chi connectivity index (χ0v) is 8.84. The van der Waals surface area contributed by atoms with Crippen molar-refractivity contribution in [1.29, 1.82) is 0 Å². The molecule has 1 heterocycles. The van der Waals surface area contributed by atoms with Crippen molar-refractivity contribution < 1.29 is 4.79 Å². The fraction of sp³-hybridized carbons (Fsp3) is 0.909. The van der Waals surface area contributed by atoms with Gasteiger partial charge in [-0.05, 0) is 39.0 Å². The van der Waals surface area contributed by atoms with Crippen LogP contribution in [-0.4, -0.2) is 29.8 Å². The summed E-state index contributed by atoms with van der Waals surface area (Å²) in [5.41, 5.74) is 0.858. The molecule has 0 aromatic rings. The molecule has 0 unspecified atom stereocenters. The summed E-state index contributed by atoms with van der Waals surface area (Å²) in [5, 5.41) is 0. The lowest BCUT2D eigenvalue weighted by atomic mass is 9.57. The smallest absolute Gasteiger partial charge is 0.123 e. The third kappa shape index (κ3) is 1.41. The third-order valence-corrected chi connectivity index (χ3v) is 3.58. The molecule has 1 saturated carbocycles. The number of aldehydes is 1. The highest BCUT2D eigenvalue weighted by Crippen LogP contribution is 2.52. The monoisotopic (exact) mass is 181 g/mol. The average molecular weight is 181 g/mol. The van der Waals surface area contributed by atoms with E-state index in [2.05, 4.69) is 25.7 Å². The van der Waals surface area contributed by atoms with Gasteiger partial charge in [-0.3, -0.25) is 4.90 Å². The third-order valence-electron chi connectivity index (χ3n) is 3.58. The first kappa shape index (κ1) is 9.20. The number of hydrogen-bond donors (Lipinski definition) is 0. The van der Waals surface area contributed by atoms with Crippen LogP contribution in [0, 0.1) is 11.3 Å². The predicted octanol–water partition coefficient (Wildman–Crippen LogP) is 1.70. The molecule has 0 atom stereocenters. The Labute approximate surface area is 80.3 Å². The van der Waals surface area contributed by atoms with Gasteiger partial charge in [0.1, 0.15) is 6.29 Å². The van der Waals surface area contributed by atoms with Crippen LogP contribution in [0.25, 0.3) is 0 Å². The summed E-state index contributed by atoms with van der Waals surface area (Å²) in [4.78, 5) is 13.0. The lowest BCUT2D eigenvalue weighted by Crippen LogP contribution is -2.67. The van der Waals surface area contributed by atoms with Gasteiger partial charge in [0.25, 0.3) is 0 Å². The molecule has 2 aliphatic rings. The van der Waals surface area contributed by atoms with Crippen LogP contribution in [0.1, 0.15) is 33.6 Å². The van der Waals surface area contributed by atoms with E-state index in [1.54, 1.807) is 0 Å². The molecule has 13 heavy (non-hydrogen) atoms. The summed E-state index contributed by atoms with van der Waals surface area (Å²) in [6.45, 7) is 9.20. The molecule has 0 amide bonds. The van der Waals surface area contributed by atoms with Gasteiger partial charge >= 0.3 is 0 Å². The molecular formula is C11H19NO. The first-order chi connectivity index (χ1) is 5.95. The molecular weight excluding hydrogens is 162 g/mol. The lowest BCUT2D eigenvalue weighted by Gasteiger charge is -2.62. The summed E-state index contributed by atoms with van der Waals surface area (Å²) in [6, 6.07) is 0. The van der Waals surface area contributed by atoms with Crippen molar-refractivity contribution in [2.75, 3.05) is 13.1 Å². The molecule has 0 N–H and O–H groups in total. The maximum atomic E-state index is 10.5. The van der Waals surface area contributed by atoms with Gasteiger partial charge in [0.05, 0.1) is 0 Å². The van der Waals surface area contributed by atoms with Gasteiger partial charge < -0.3 is 4.79 Å². The molecule has 0 radical (unpaired) electrons. The Morgan fingerprint density at radius 3 is 2.23 bits per heavy atom. The van der Waals surface area contributed by atoms with E-state index in [0.717, 1.165) is 19.1 Å². The fourth-order valence-corrected chi connectivity index (χ4v) is 2.64. The second kappa shape index (κ2) is 2.57. The summed E-state index contributed by atoms with van der Waals surface area (Å²) < 4.78 is 0. The number of nitrogens with zero attached hydrogens (tertiary/aromatic N) is 1. The van der Waals surface area contributed by atoms with E-state index in [0.29, 0.717) is 16.9 Å². The molecule has 74 valence electrons. The molecule has 1 spiro atoms. The molecule has 2 nitrogen and oxygen atoms in total. The second-order valence-corrected chi connectivity index (χ2v) is 5.83. The number of carbonyl (C=O) groups excluding carboxylic acids is 1. The molecule has 2 heteroatoms. The number of hydrogen-bond acceptors (Lipinski definition) is 2. The Hall–Kier alpha value is -0.370. The van der Waals surface area contributed by atoms with Crippen molar-refractivity contribution in [3.05, 3.63) is 0 Å². The van der Waals surface area contributed by atoms with Crippen LogP contribution in [0.15, 0.2) is 0 Å². The minimum absolute atomic E-state index is 0.317. The summed E-state index contributed by atoms with van der Waals surface area (Å²) >= 11 is 0. The summed E-state index contributed by atoms with van der Waals surface area (Å²) in [5.74, 6) is 0.377. The van der Waals surface area contributed by atoms with Crippen molar-refractivity contribution >= 4 is 6.29 Å². The second-order valence-electron chi connectivity index (χ2n) is 5.83. The van der Waals surface area contributed by atoms with Crippen LogP contribution in [0.3, 0.4) is 0 Å². The Balaban J connectivity index is 1.83. The fourth-order valence-electron chi connectivity index (χ4n) is 2.64. The minimum atomic E-state index is 0.317. The van der Waals surface area contributed by atoms with E-state index in [-0.39, 0.29) is 0 Å². The topological polar surface area (TPSA) is 20.3 Å². The van der Waals surface area contributed by atoms with Crippen molar-refractivity contribution in [3.8, 4) is 0 Å². The van der Waals surface area contributed by atoms with Crippen molar-refractivity contribution in [2.24, 2.45) is 11.3 Å². The van der Waals surface area contributed by atoms with Gasteiger partial charge in [-0.15, -0.1) is 0 Å². The SMILES string of the molecule is CC(C)(C)N1CC2(CC(C=O)C2)C1. The zero-order chi connectivity index (χ0) is 9.69. The zero-order valence-electron chi connectivity index (χ0n) is 8.84. The Bertz CT molecular complexity index is 215. The van der Waals surface area contributed by atoms with E-state index in [1.807, 2.05) is 0 Å². The van der Waals surface area contributed by atoms with Crippen molar-refractivity contribution in [3.63, 3.8) is 0 Å². The van der Waals surface area contributed by atoms with E-state index in [9.17, 15) is 4.79 Å². The Kier molecular flexibility index (Phi) is 1.82. The van der Waals surface area contributed by atoms with Gasteiger partial charge in [0, 0.05) is 24.5 Å². The van der Waals surface area contributed by atoms with Crippen LogP contribution in [0.5, 0.6) is 0 Å². The molecule has 1 aliphatic heterocycles. The normalized spacial score (nSPS) is 28.2. The van der Waals surface area contributed by atoms with Gasteiger partial charge in [-0.1, -0.05) is 0 Å². The standard InChI is InChI=1S/C11H19NO/c1-10(2,3)12-7-11(8-12)4-9(5-11)6-13/h6,9H,4-5,7-8H2,1-3H3. The highest BCUT2D eigenvalue weighted by atomic mass is 16.1. The molecule has 2 fully saturated rings. The highest BCUT2D eigenvalue weighted by Gasteiger charge is 2.54. The van der Waals surface area contributed by atoms with Gasteiger partial charge in [0.2, 0.25) is 0 Å². The lowest BCUT2D eigenvalue weighted by molar-refractivity contribution is -0.143. The maximum Gasteiger partial charge on any atom is 0.123 e. The molecule has 1 saturated heterocycles. The summed E-state index contributed by atoms with van der Waals surface area (Å²) in [6.07, 6.45) is 3.41. The van der Waals surface area contributed by atoms with Gasteiger partial charge in [-0.2, -0.15) is 0 Å². The largest absolute Gasteiger partial charge is 0.303 e. The highest BCUT2D eigenvalue weighted by molar-refractivity contribution is 5.56. The van der Waals surface area contributed by atoms with E-state index in [4.69, 9.17) is 0 Å². The average Bonchev–Trinajstić information content (AvgIpc) is 1.78. The summed E-state index contributed by atoms with van der Waals surface area (Å²) in [7, 11) is 0. The first-order valence-electron chi connectivity index (χ1n) is 5.16. The van der Waals surface area contributed by atoms with Gasteiger partial charge in [-0.25, -0.2) is 0 Å². The number of rotatable bonds is 1. The molecule has 0 aromatic carbocycles. The maximum absolute atomic E-state index is 10.5. The van der Waals surface area contributed by atoms with E-state index in [1.165, 1.54) is 13.1 Å². The van der Waals surface area contributed by atoms with Crippen molar-refractivity contribution in [1.82, 2.24) is 4.90 Å². The molecule has 0 bridgehead atoms. The van der Waals surface area contributed by atoms with Crippen LogP contribution in [0.4, 0.5) is 0 Å². The number of carbonyl (C=O) groups is 1. The van der Waals surface area contributed by atoms with Crippen LogP contribution < -0.4 is 0 Å². The van der Waals surface area contributed by atoms with Crippen LogP contribution in [-0.2, 0) is 4.79 Å². The van der Waals surface area contributed by atoms with Crippen LogP contribution in [0.2, 0.25) is 0 Å². The Morgan fingerprint density at radius 1 is 1.31 bits per heavy atom. The first-order valence-corrected chi connectivity index (χ1v) is 5.16. The van der Waals surface area contributed by atoms with Gasteiger partial charge in [0.15, 0.2) is 0 Å². The van der Waals surface area contributed by atoms with Crippen molar-refractivity contribution in [2.45, 2.75) is 39.2 Å².